The molecule has 0 aromatic heterocycles. The van der Waals surface area contributed by atoms with E-state index in [0.717, 1.165) is 10.6 Å². The Labute approximate surface area is 196 Å². The van der Waals surface area contributed by atoms with E-state index in [4.69, 9.17) is 37.4 Å². The lowest BCUT2D eigenvalue weighted by atomic mass is 10.1. The first-order chi connectivity index (χ1) is 15.0. The molecule has 1 N–H and O–H groups in total. The largest absolute Gasteiger partial charge is 0.493 e. The van der Waals surface area contributed by atoms with E-state index in [1.807, 2.05) is 0 Å². The number of ether oxygens (including phenoxy) is 3. The minimum atomic E-state index is -3.77. The van der Waals surface area contributed by atoms with Gasteiger partial charge in [0.25, 0.3) is 0 Å². The van der Waals surface area contributed by atoms with Crippen LogP contribution in [0.2, 0.25) is 10.0 Å². The highest BCUT2D eigenvalue weighted by atomic mass is 35.5. The number of methoxy groups -OCH3 is 3. The van der Waals surface area contributed by atoms with Crippen LogP contribution in [0.4, 0.5) is 5.69 Å². The molecule has 9 nitrogen and oxygen atoms in total. The van der Waals surface area contributed by atoms with E-state index in [0.29, 0.717) is 10.6 Å². The molecule has 0 atom stereocenters. The third kappa shape index (κ3) is 6.49. The van der Waals surface area contributed by atoms with Crippen molar-refractivity contribution in [3.8, 4) is 11.5 Å². The van der Waals surface area contributed by atoms with Crippen LogP contribution >= 0.6 is 23.2 Å². The Morgan fingerprint density at radius 1 is 1.00 bits per heavy atom. The Morgan fingerprint density at radius 3 is 2.16 bits per heavy atom. The Hall–Kier alpha value is -2.53. The average molecular weight is 505 g/mol. The summed E-state index contributed by atoms with van der Waals surface area (Å²) in [6, 6.07) is 7.39. The monoisotopic (exact) mass is 504 g/mol. The first kappa shape index (κ1) is 25.7. The van der Waals surface area contributed by atoms with Gasteiger partial charge in [-0.2, -0.15) is 4.31 Å². The first-order valence-corrected chi connectivity index (χ1v) is 11.6. The van der Waals surface area contributed by atoms with E-state index in [1.54, 1.807) is 6.07 Å². The van der Waals surface area contributed by atoms with Crippen LogP contribution in [0, 0.1) is 0 Å². The minimum absolute atomic E-state index is 0.00823. The van der Waals surface area contributed by atoms with E-state index in [1.165, 1.54) is 45.6 Å². The van der Waals surface area contributed by atoms with Gasteiger partial charge in [0.05, 0.1) is 55.4 Å². The fourth-order valence-corrected chi connectivity index (χ4v) is 3.80. The van der Waals surface area contributed by atoms with Gasteiger partial charge < -0.3 is 19.5 Å². The van der Waals surface area contributed by atoms with Gasteiger partial charge in [-0.3, -0.25) is 4.79 Å². The maximum atomic E-state index is 12.7. The molecule has 174 valence electrons. The highest BCUT2D eigenvalue weighted by Gasteiger charge is 2.24. The number of nitrogens with one attached hydrogen (secondary N) is 1. The SMILES string of the molecule is COC(=O)c1cc(OC)c(OC)cc1NC(=O)CN(Cc1ccc(Cl)c(Cl)c1)S(C)(=O)=O. The maximum Gasteiger partial charge on any atom is 0.340 e. The number of hydrogen-bond donors (Lipinski definition) is 1. The third-order valence-electron chi connectivity index (χ3n) is 4.34. The minimum Gasteiger partial charge on any atom is -0.493 e. The molecule has 0 fully saturated rings. The molecular weight excluding hydrogens is 483 g/mol. The quantitative estimate of drug-likeness (QED) is 0.521. The van der Waals surface area contributed by atoms with Crippen molar-refractivity contribution in [1.82, 2.24) is 4.31 Å². The van der Waals surface area contributed by atoms with Crippen molar-refractivity contribution in [1.29, 1.82) is 0 Å². The van der Waals surface area contributed by atoms with Gasteiger partial charge in [-0.1, -0.05) is 29.3 Å². The van der Waals surface area contributed by atoms with E-state index < -0.39 is 28.4 Å². The fourth-order valence-electron chi connectivity index (χ4n) is 2.74. The van der Waals surface area contributed by atoms with Crippen molar-refractivity contribution in [3.05, 3.63) is 51.5 Å². The van der Waals surface area contributed by atoms with Gasteiger partial charge in [0.1, 0.15) is 0 Å². The van der Waals surface area contributed by atoms with Crippen molar-refractivity contribution in [2.45, 2.75) is 6.54 Å². The highest BCUT2D eigenvalue weighted by Crippen LogP contribution is 2.34. The highest BCUT2D eigenvalue weighted by molar-refractivity contribution is 7.88. The normalized spacial score (nSPS) is 11.2. The van der Waals surface area contributed by atoms with Crippen LogP contribution in [0.1, 0.15) is 15.9 Å². The van der Waals surface area contributed by atoms with E-state index in [2.05, 4.69) is 5.32 Å². The summed E-state index contributed by atoms with van der Waals surface area (Å²) < 4.78 is 40.6. The van der Waals surface area contributed by atoms with Crippen LogP contribution in [0.5, 0.6) is 11.5 Å². The number of esters is 1. The van der Waals surface area contributed by atoms with Gasteiger partial charge in [-0.25, -0.2) is 13.2 Å². The summed E-state index contributed by atoms with van der Waals surface area (Å²) in [6.45, 7) is -0.632. The smallest absolute Gasteiger partial charge is 0.340 e. The van der Waals surface area contributed by atoms with E-state index >= 15 is 0 Å². The molecule has 12 heteroatoms. The number of sulfonamides is 1. The molecular formula is C20H22Cl2N2O7S. The van der Waals surface area contributed by atoms with Gasteiger partial charge in [-0.15, -0.1) is 0 Å². The van der Waals surface area contributed by atoms with Gasteiger partial charge in [0.15, 0.2) is 11.5 Å². The molecule has 0 heterocycles. The van der Waals surface area contributed by atoms with Crippen LogP contribution in [0.3, 0.4) is 0 Å². The zero-order chi connectivity index (χ0) is 24.1. The number of anilines is 1. The lowest BCUT2D eigenvalue weighted by Gasteiger charge is -2.20. The number of rotatable bonds is 9. The van der Waals surface area contributed by atoms with Crippen LogP contribution in [0.25, 0.3) is 0 Å². The maximum absolute atomic E-state index is 12.7. The Morgan fingerprint density at radius 2 is 1.62 bits per heavy atom. The van der Waals surface area contributed by atoms with Crippen molar-refractivity contribution in [2.75, 3.05) is 39.4 Å². The van der Waals surface area contributed by atoms with Crippen LogP contribution < -0.4 is 14.8 Å². The Balaban J connectivity index is 2.31. The zero-order valence-electron chi connectivity index (χ0n) is 17.8. The standard InChI is InChI=1S/C20H22Cl2N2O7S/c1-29-17-8-13(20(26)31-3)16(9-18(17)30-2)23-19(25)11-24(32(4,27)28)10-12-5-6-14(21)15(22)7-12/h5-9H,10-11H2,1-4H3,(H,23,25). The molecule has 32 heavy (non-hydrogen) atoms. The Bertz CT molecular complexity index is 1120. The summed E-state index contributed by atoms with van der Waals surface area (Å²) in [7, 11) is 0.206. The molecule has 2 aromatic rings. The summed E-state index contributed by atoms with van der Waals surface area (Å²) in [5.74, 6) is -0.903. The number of carbonyl (C=O) groups excluding carboxylic acids is 2. The molecule has 0 aliphatic rings. The third-order valence-corrected chi connectivity index (χ3v) is 6.27. The second-order valence-corrected chi connectivity index (χ2v) is 9.37. The van der Waals surface area contributed by atoms with Crippen LogP contribution in [-0.4, -0.2) is 58.7 Å². The fraction of sp³-hybridized carbons (Fsp3) is 0.300. The van der Waals surface area contributed by atoms with Crippen molar-refractivity contribution in [2.24, 2.45) is 0 Å². The van der Waals surface area contributed by atoms with Crippen molar-refractivity contribution in [3.63, 3.8) is 0 Å². The summed E-state index contributed by atoms with van der Waals surface area (Å²) in [5.41, 5.74) is 0.621. The van der Waals surface area contributed by atoms with Gasteiger partial charge in [0, 0.05) is 18.7 Å². The predicted octanol–water partition coefficient (Wildman–Crippen LogP) is 3.20. The molecule has 0 saturated carbocycles. The summed E-state index contributed by atoms with van der Waals surface area (Å²) in [5, 5.41) is 3.11. The molecule has 0 aliphatic carbocycles. The number of carbonyl (C=O) groups is 2. The first-order valence-electron chi connectivity index (χ1n) is 9.03. The van der Waals surface area contributed by atoms with Crippen LogP contribution in [0.15, 0.2) is 30.3 Å². The van der Waals surface area contributed by atoms with Gasteiger partial charge >= 0.3 is 5.97 Å². The number of amides is 1. The molecule has 2 rings (SSSR count). The molecule has 1 amide bonds. The topological polar surface area (TPSA) is 111 Å². The summed E-state index contributed by atoms with van der Waals surface area (Å²) in [6.07, 6.45) is 0.980. The second kappa shape index (κ2) is 10.9. The molecule has 0 aliphatic heterocycles. The van der Waals surface area contributed by atoms with E-state index in [-0.39, 0.29) is 34.3 Å². The predicted molar refractivity (Wildman–Crippen MR) is 121 cm³/mol. The average Bonchev–Trinajstić information content (AvgIpc) is 2.74. The number of nitrogens with zero attached hydrogens (tertiary/aromatic N) is 1. The Kier molecular flexibility index (Phi) is 8.73. The molecule has 2 aromatic carbocycles. The van der Waals surface area contributed by atoms with E-state index in [9.17, 15) is 18.0 Å². The number of hydrogen-bond acceptors (Lipinski definition) is 7. The molecule has 0 radical (unpaired) electrons. The second-order valence-electron chi connectivity index (χ2n) is 6.57. The number of benzene rings is 2. The van der Waals surface area contributed by atoms with Gasteiger partial charge in [-0.05, 0) is 17.7 Å². The lowest BCUT2D eigenvalue weighted by molar-refractivity contribution is -0.116. The van der Waals surface area contributed by atoms with Crippen LogP contribution in [-0.2, 0) is 26.1 Å². The number of halogens is 2. The van der Waals surface area contributed by atoms with Crippen molar-refractivity contribution >= 4 is 50.8 Å². The molecule has 0 spiro atoms. The molecule has 0 saturated heterocycles. The lowest BCUT2D eigenvalue weighted by Crippen LogP contribution is -2.37. The molecule has 0 unspecified atom stereocenters. The van der Waals surface area contributed by atoms with Crippen molar-refractivity contribution < 1.29 is 32.2 Å². The molecule has 0 bridgehead atoms. The van der Waals surface area contributed by atoms with Gasteiger partial charge in [0.2, 0.25) is 15.9 Å². The summed E-state index contributed by atoms with van der Waals surface area (Å²) in [4.78, 5) is 24.9. The zero-order valence-corrected chi connectivity index (χ0v) is 20.1. The summed E-state index contributed by atoms with van der Waals surface area (Å²) >= 11 is 11.9.